The molecule has 0 aliphatic carbocycles. The summed E-state index contributed by atoms with van der Waals surface area (Å²) >= 11 is 0. The van der Waals surface area contributed by atoms with E-state index in [2.05, 4.69) is 25.3 Å². The Morgan fingerprint density at radius 1 is 1.37 bits per heavy atom. The van der Waals surface area contributed by atoms with Crippen LogP contribution in [-0.2, 0) is 9.63 Å². The molecule has 12 heteroatoms. The zero-order chi connectivity index (χ0) is 22.1. The third-order valence-corrected chi connectivity index (χ3v) is 3.95. The number of carboxylic acid groups (broad SMARTS) is 1. The molecule has 0 saturated carbocycles. The van der Waals surface area contributed by atoms with E-state index in [4.69, 9.17) is 20.5 Å². The summed E-state index contributed by atoms with van der Waals surface area (Å²) in [5.74, 6) is -1.26. The number of nitrogens with two attached hydrogens (primary N) is 1. The van der Waals surface area contributed by atoms with Gasteiger partial charge < -0.3 is 25.9 Å². The Balaban J connectivity index is 0.000000396. The summed E-state index contributed by atoms with van der Waals surface area (Å²) < 4.78 is 31.7. The van der Waals surface area contributed by atoms with E-state index in [9.17, 15) is 13.2 Å². The van der Waals surface area contributed by atoms with Gasteiger partial charge in [-0.2, -0.15) is 13.2 Å². The zero-order valence-corrected chi connectivity index (χ0v) is 16.0. The van der Waals surface area contributed by atoms with E-state index in [1.54, 1.807) is 12.5 Å². The van der Waals surface area contributed by atoms with Crippen LogP contribution in [0.3, 0.4) is 0 Å². The summed E-state index contributed by atoms with van der Waals surface area (Å²) in [5.41, 5.74) is 7.75. The maximum absolute atomic E-state index is 10.6. The Kier molecular flexibility index (Phi) is 7.92. The molecule has 0 radical (unpaired) electrons. The van der Waals surface area contributed by atoms with Crippen molar-refractivity contribution in [2.75, 3.05) is 30.4 Å². The molecule has 1 aliphatic rings. The predicted molar refractivity (Wildman–Crippen MR) is 105 cm³/mol. The van der Waals surface area contributed by atoms with E-state index < -0.39 is 12.1 Å². The first-order valence-corrected chi connectivity index (χ1v) is 8.76. The van der Waals surface area contributed by atoms with Crippen LogP contribution in [0.2, 0.25) is 0 Å². The lowest BCUT2D eigenvalue weighted by atomic mass is 10.2. The smallest absolute Gasteiger partial charge is 0.475 e. The zero-order valence-electron chi connectivity index (χ0n) is 16.0. The third-order valence-electron chi connectivity index (χ3n) is 3.95. The van der Waals surface area contributed by atoms with E-state index in [1.165, 1.54) is 7.11 Å². The lowest BCUT2D eigenvalue weighted by Crippen LogP contribution is -2.28. The van der Waals surface area contributed by atoms with Gasteiger partial charge in [0.15, 0.2) is 0 Å². The van der Waals surface area contributed by atoms with Crippen LogP contribution >= 0.6 is 0 Å². The standard InChI is InChI=1S/C16H20N6O.C2HF3O2/c1-23-20-9-14-15(21-13-5-3-2-4-6-13)18-11-19-16(14)22-8-7-12(17)10-22;3-2(4,5)1(6)7/h2-6,9,11-12H,7-8,10,17H2,1H3,(H,18,19,21);(H,6,7). The molecule has 2 aromatic rings. The van der Waals surface area contributed by atoms with Gasteiger partial charge in [0.05, 0.1) is 11.8 Å². The maximum Gasteiger partial charge on any atom is 0.490 e. The van der Waals surface area contributed by atoms with Crippen molar-refractivity contribution < 1.29 is 27.9 Å². The Morgan fingerprint density at radius 3 is 2.57 bits per heavy atom. The van der Waals surface area contributed by atoms with Crippen LogP contribution in [-0.4, -0.2) is 59.7 Å². The van der Waals surface area contributed by atoms with E-state index >= 15 is 0 Å². The molecule has 30 heavy (non-hydrogen) atoms. The first kappa shape index (κ1) is 22.9. The number of halogens is 3. The molecule has 2 heterocycles. The number of anilines is 3. The van der Waals surface area contributed by atoms with Crippen molar-refractivity contribution in [3.05, 3.63) is 42.2 Å². The number of aromatic nitrogens is 2. The highest BCUT2D eigenvalue weighted by Crippen LogP contribution is 2.26. The van der Waals surface area contributed by atoms with Crippen LogP contribution in [0.5, 0.6) is 0 Å². The first-order chi connectivity index (χ1) is 14.2. The van der Waals surface area contributed by atoms with Crippen LogP contribution in [0, 0.1) is 0 Å². The highest BCUT2D eigenvalue weighted by Gasteiger charge is 2.38. The quantitative estimate of drug-likeness (QED) is 0.491. The molecule has 1 atom stereocenters. The Morgan fingerprint density at radius 2 is 2.03 bits per heavy atom. The van der Waals surface area contributed by atoms with Gasteiger partial charge in [-0.25, -0.2) is 14.8 Å². The number of hydrogen-bond donors (Lipinski definition) is 3. The van der Waals surface area contributed by atoms with Crippen molar-refractivity contribution in [2.24, 2.45) is 10.9 Å². The molecule has 162 valence electrons. The number of aliphatic carboxylic acids is 1. The van der Waals surface area contributed by atoms with Crippen molar-refractivity contribution in [3.63, 3.8) is 0 Å². The molecule has 1 aromatic carbocycles. The third kappa shape index (κ3) is 6.58. The molecule has 0 spiro atoms. The van der Waals surface area contributed by atoms with Crippen LogP contribution < -0.4 is 16.0 Å². The monoisotopic (exact) mass is 426 g/mol. The molecule has 1 aromatic heterocycles. The number of alkyl halides is 3. The second-order valence-corrected chi connectivity index (χ2v) is 6.17. The van der Waals surface area contributed by atoms with Gasteiger partial charge in [-0.3, -0.25) is 0 Å². The summed E-state index contributed by atoms with van der Waals surface area (Å²) in [6.07, 6.45) is -0.953. The Hall–Kier alpha value is -3.41. The van der Waals surface area contributed by atoms with Gasteiger partial charge in [0.1, 0.15) is 25.1 Å². The fraction of sp³-hybridized carbons (Fsp3) is 0.333. The van der Waals surface area contributed by atoms with E-state index in [0.717, 1.165) is 36.6 Å². The minimum atomic E-state index is -5.08. The molecule has 0 amide bonds. The fourth-order valence-corrected chi connectivity index (χ4v) is 2.60. The normalized spacial score (nSPS) is 16.2. The first-order valence-electron chi connectivity index (χ1n) is 8.76. The summed E-state index contributed by atoms with van der Waals surface area (Å²) in [4.78, 5) is 24.7. The number of para-hydroxylation sites is 1. The van der Waals surface area contributed by atoms with Crippen molar-refractivity contribution in [2.45, 2.75) is 18.6 Å². The van der Waals surface area contributed by atoms with Crippen molar-refractivity contribution in [3.8, 4) is 0 Å². The summed E-state index contributed by atoms with van der Waals surface area (Å²) in [7, 11) is 1.51. The molecule has 1 aliphatic heterocycles. The van der Waals surface area contributed by atoms with Crippen LogP contribution in [0.25, 0.3) is 0 Å². The van der Waals surface area contributed by atoms with Crippen LogP contribution in [0.15, 0.2) is 41.8 Å². The molecular weight excluding hydrogens is 405 g/mol. The molecule has 0 bridgehead atoms. The van der Waals surface area contributed by atoms with E-state index in [1.807, 2.05) is 30.3 Å². The number of nitrogens with zero attached hydrogens (tertiary/aromatic N) is 4. The van der Waals surface area contributed by atoms with Crippen molar-refractivity contribution >= 4 is 29.5 Å². The largest absolute Gasteiger partial charge is 0.490 e. The second-order valence-electron chi connectivity index (χ2n) is 6.17. The lowest BCUT2D eigenvalue weighted by Gasteiger charge is -2.20. The minimum Gasteiger partial charge on any atom is -0.475 e. The molecule has 1 saturated heterocycles. The van der Waals surface area contributed by atoms with E-state index in [-0.39, 0.29) is 6.04 Å². The number of hydrogen-bond acceptors (Lipinski definition) is 8. The molecule has 3 rings (SSSR count). The average Bonchev–Trinajstić information content (AvgIpc) is 3.13. The number of oxime groups is 1. The van der Waals surface area contributed by atoms with Crippen LogP contribution in [0.4, 0.5) is 30.5 Å². The molecule has 1 fully saturated rings. The van der Waals surface area contributed by atoms with Gasteiger partial charge in [-0.1, -0.05) is 23.4 Å². The summed E-state index contributed by atoms with van der Waals surface area (Å²) in [6.45, 7) is 1.65. The number of nitrogens with one attached hydrogen (secondary N) is 1. The molecule has 1 unspecified atom stereocenters. The molecule has 9 nitrogen and oxygen atoms in total. The van der Waals surface area contributed by atoms with Crippen molar-refractivity contribution in [1.82, 2.24) is 9.97 Å². The highest BCUT2D eigenvalue weighted by molar-refractivity contribution is 5.93. The summed E-state index contributed by atoms with van der Waals surface area (Å²) in [5, 5.41) is 14.3. The topological polar surface area (TPSA) is 126 Å². The SMILES string of the molecule is CON=Cc1c(Nc2ccccc2)ncnc1N1CCC(N)C1.O=C(O)C(F)(F)F. The van der Waals surface area contributed by atoms with Crippen LogP contribution in [0.1, 0.15) is 12.0 Å². The van der Waals surface area contributed by atoms with Crippen molar-refractivity contribution in [1.29, 1.82) is 0 Å². The molecule has 4 N–H and O–H groups in total. The minimum absolute atomic E-state index is 0.169. The number of carbonyl (C=O) groups is 1. The highest BCUT2D eigenvalue weighted by atomic mass is 19.4. The van der Waals surface area contributed by atoms with E-state index in [0.29, 0.717) is 5.82 Å². The fourth-order valence-electron chi connectivity index (χ4n) is 2.60. The van der Waals surface area contributed by atoms with Gasteiger partial charge >= 0.3 is 12.1 Å². The Bertz CT molecular complexity index is 864. The number of benzene rings is 1. The van der Waals surface area contributed by atoms with Gasteiger partial charge in [0.25, 0.3) is 0 Å². The lowest BCUT2D eigenvalue weighted by molar-refractivity contribution is -0.192. The summed E-state index contributed by atoms with van der Waals surface area (Å²) in [6, 6.07) is 10.0. The Labute approximate surface area is 170 Å². The van der Waals surface area contributed by atoms with Gasteiger partial charge in [0, 0.05) is 24.8 Å². The number of rotatable bonds is 5. The van der Waals surface area contributed by atoms with Gasteiger partial charge in [0.2, 0.25) is 0 Å². The second kappa shape index (κ2) is 10.4. The number of carboxylic acids is 1. The molecular formula is C18H21F3N6O3. The average molecular weight is 426 g/mol. The predicted octanol–water partition coefficient (Wildman–Crippen LogP) is 2.37. The van der Waals surface area contributed by atoms with Gasteiger partial charge in [-0.15, -0.1) is 0 Å². The van der Waals surface area contributed by atoms with Gasteiger partial charge in [-0.05, 0) is 18.6 Å². The maximum atomic E-state index is 10.6.